The minimum absolute atomic E-state index is 0.0802. The van der Waals surface area contributed by atoms with Crippen molar-refractivity contribution in [3.63, 3.8) is 0 Å². The first kappa shape index (κ1) is 15.3. The third-order valence-electron chi connectivity index (χ3n) is 3.06. The van der Waals surface area contributed by atoms with Crippen LogP contribution in [0, 0.1) is 11.3 Å². The Morgan fingerprint density at radius 2 is 2.05 bits per heavy atom. The van der Waals surface area contributed by atoms with Crippen molar-refractivity contribution in [2.45, 2.75) is 45.3 Å². The average Bonchev–Trinajstić information content (AvgIpc) is 2.45. The Morgan fingerprint density at radius 3 is 2.58 bits per heavy atom. The Hall–Kier alpha value is -1.73. The molecule has 0 aliphatic carbocycles. The molecule has 0 amide bonds. The molecular weight excluding hydrogens is 240 g/mol. The fourth-order valence-electron chi connectivity index (χ4n) is 1.79. The van der Waals surface area contributed by atoms with Crippen molar-refractivity contribution < 1.29 is 9.47 Å². The number of methoxy groups -OCH3 is 1. The number of nitrogens with two attached hydrogens (primary N) is 1. The van der Waals surface area contributed by atoms with Gasteiger partial charge in [0.05, 0.1) is 7.11 Å². The number of ether oxygens (including phenoxy) is 2. The maximum Gasteiger partial charge on any atom is 0.184 e. The summed E-state index contributed by atoms with van der Waals surface area (Å²) in [6.07, 6.45) is 1.78. The summed E-state index contributed by atoms with van der Waals surface area (Å²) >= 11 is 0. The second kappa shape index (κ2) is 7.65. The van der Waals surface area contributed by atoms with Gasteiger partial charge in [-0.1, -0.05) is 26.0 Å². The van der Waals surface area contributed by atoms with Gasteiger partial charge in [-0.2, -0.15) is 5.26 Å². The van der Waals surface area contributed by atoms with E-state index < -0.39 is 6.10 Å². The average molecular weight is 262 g/mol. The van der Waals surface area contributed by atoms with Gasteiger partial charge in [-0.15, -0.1) is 0 Å². The molecule has 2 atom stereocenters. The molecule has 0 heterocycles. The van der Waals surface area contributed by atoms with Crippen LogP contribution in [-0.4, -0.2) is 19.3 Å². The lowest BCUT2D eigenvalue weighted by atomic mass is 10.0. The number of benzene rings is 1. The van der Waals surface area contributed by atoms with E-state index >= 15 is 0 Å². The monoisotopic (exact) mass is 262 g/mol. The van der Waals surface area contributed by atoms with Crippen molar-refractivity contribution >= 4 is 0 Å². The van der Waals surface area contributed by atoms with Crippen LogP contribution in [-0.2, 0) is 6.42 Å². The SMILES string of the molecule is CCC(N)Cc1cccc(OC)c1OC(C#N)CC. The van der Waals surface area contributed by atoms with Crippen LogP contribution in [0.3, 0.4) is 0 Å². The quantitative estimate of drug-likeness (QED) is 0.820. The molecule has 0 bridgehead atoms. The van der Waals surface area contributed by atoms with Gasteiger partial charge in [0.25, 0.3) is 0 Å². The summed E-state index contributed by atoms with van der Waals surface area (Å²) in [7, 11) is 1.60. The van der Waals surface area contributed by atoms with Gasteiger partial charge in [-0.25, -0.2) is 0 Å². The van der Waals surface area contributed by atoms with E-state index in [1.807, 2.05) is 25.1 Å². The van der Waals surface area contributed by atoms with Crippen molar-refractivity contribution in [3.8, 4) is 17.6 Å². The molecule has 19 heavy (non-hydrogen) atoms. The highest BCUT2D eigenvalue weighted by molar-refractivity contribution is 5.47. The van der Waals surface area contributed by atoms with Gasteiger partial charge < -0.3 is 15.2 Å². The first-order valence-electron chi connectivity index (χ1n) is 6.63. The standard InChI is InChI=1S/C15H22N2O2/c1-4-12(17)9-11-7-6-8-14(18-3)15(11)19-13(5-2)10-16/h6-8,12-13H,4-5,9,17H2,1-3H3. The second-order valence-corrected chi connectivity index (χ2v) is 4.46. The number of para-hydroxylation sites is 1. The molecule has 0 aliphatic heterocycles. The smallest absolute Gasteiger partial charge is 0.184 e. The van der Waals surface area contributed by atoms with Gasteiger partial charge in [0.1, 0.15) is 6.07 Å². The molecule has 0 aliphatic rings. The highest BCUT2D eigenvalue weighted by Crippen LogP contribution is 2.33. The Bertz CT molecular complexity index is 440. The van der Waals surface area contributed by atoms with Gasteiger partial charge in [0.2, 0.25) is 0 Å². The molecule has 1 aromatic rings. The fraction of sp³-hybridized carbons (Fsp3) is 0.533. The molecule has 0 saturated carbocycles. The van der Waals surface area contributed by atoms with Gasteiger partial charge in [0.15, 0.2) is 17.6 Å². The molecule has 4 heteroatoms. The Balaban J connectivity index is 3.06. The summed E-state index contributed by atoms with van der Waals surface area (Å²) in [4.78, 5) is 0. The fourth-order valence-corrected chi connectivity index (χ4v) is 1.79. The largest absolute Gasteiger partial charge is 0.493 e. The van der Waals surface area contributed by atoms with E-state index in [0.29, 0.717) is 24.3 Å². The van der Waals surface area contributed by atoms with Gasteiger partial charge in [-0.3, -0.25) is 0 Å². The molecule has 0 fully saturated rings. The lowest BCUT2D eigenvalue weighted by Gasteiger charge is -2.19. The molecule has 0 spiro atoms. The second-order valence-electron chi connectivity index (χ2n) is 4.46. The summed E-state index contributed by atoms with van der Waals surface area (Å²) in [6, 6.07) is 7.93. The lowest BCUT2D eigenvalue weighted by Crippen LogP contribution is -2.22. The van der Waals surface area contributed by atoms with E-state index in [4.69, 9.17) is 20.5 Å². The minimum atomic E-state index is -0.465. The van der Waals surface area contributed by atoms with Crippen LogP contribution in [0.5, 0.6) is 11.5 Å². The first-order valence-corrected chi connectivity index (χ1v) is 6.63. The lowest BCUT2D eigenvalue weighted by molar-refractivity contribution is 0.236. The van der Waals surface area contributed by atoms with Crippen LogP contribution in [0.2, 0.25) is 0 Å². The van der Waals surface area contributed by atoms with Crippen molar-refractivity contribution in [3.05, 3.63) is 23.8 Å². The van der Waals surface area contributed by atoms with Crippen molar-refractivity contribution in [2.75, 3.05) is 7.11 Å². The van der Waals surface area contributed by atoms with Crippen LogP contribution in [0.4, 0.5) is 0 Å². The van der Waals surface area contributed by atoms with Gasteiger partial charge >= 0.3 is 0 Å². The molecule has 0 saturated heterocycles. The normalized spacial score (nSPS) is 13.4. The topological polar surface area (TPSA) is 68.3 Å². The van der Waals surface area contributed by atoms with Crippen molar-refractivity contribution in [1.29, 1.82) is 5.26 Å². The number of rotatable bonds is 7. The molecule has 2 N–H and O–H groups in total. The third-order valence-corrected chi connectivity index (χ3v) is 3.06. The maximum absolute atomic E-state index is 9.03. The van der Waals surface area contributed by atoms with Crippen molar-refractivity contribution in [2.24, 2.45) is 5.73 Å². The predicted molar refractivity (Wildman–Crippen MR) is 75.3 cm³/mol. The molecule has 104 valence electrons. The van der Waals surface area contributed by atoms with E-state index in [1.165, 1.54) is 0 Å². The van der Waals surface area contributed by atoms with Crippen molar-refractivity contribution in [1.82, 2.24) is 0 Å². The number of nitrogens with zero attached hydrogens (tertiary/aromatic N) is 1. The predicted octanol–water partition coefficient (Wildman–Crippen LogP) is 2.66. The molecule has 4 nitrogen and oxygen atoms in total. The molecule has 0 radical (unpaired) electrons. The Morgan fingerprint density at radius 1 is 1.32 bits per heavy atom. The van der Waals surface area contributed by atoms with E-state index in [0.717, 1.165) is 12.0 Å². The zero-order valence-electron chi connectivity index (χ0n) is 11.8. The summed E-state index contributed by atoms with van der Waals surface area (Å²) in [6.45, 7) is 3.97. The maximum atomic E-state index is 9.03. The zero-order chi connectivity index (χ0) is 14.3. The zero-order valence-corrected chi connectivity index (χ0v) is 11.8. The minimum Gasteiger partial charge on any atom is -0.493 e. The van der Waals surface area contributed by atoms with E-state index in [1.54, 1.807) is 7.11 Å². The van der Waals surface area contributed by atoms with Crippen LogP contribution in [0.25, 0.3) is 0 Å². The summed E-state index contributed by atoms with van der Waals surface area (Å²) < 4.78 is 11.1. The van der Waals surface area contributed by atoms with Crippen LogP contribution < -0.4 is 15.2 Å². The van der Waals surface area contributed by atoms with E-state index in [9.17, 15) is 0 Å². The molecule has 0 aromatic heterocycles. The Labute approximate surface area is 115 Å². The highest BCUT2D eigenvalue weighted by Gasteiger charge is 2.16. The summed E-state index contributed by atoms with van der Waals surface area (Å²) in [5.74, 6) is 1.29. The number of nitriles is 1. The molecule has 1 aromatic carbocycles. The van der Waals surface area contributed by atoms with Crippen LogP contribution >= 0.6 is 0 Å². The van der Waals surface area contributed by atoms with Gasteiger partial charge in [-0.05, 0) is 30.9 Å². The molecular formula is C15H22N2O2. The summed E-state index contributed by atoms with van der Waals surface area (Å²) in [5, 5.41) is 9.03. The van der Waals surface area contributed by atoms with E-state index in [-0.39, 0.29) is 6.04 Å². The van der Waals surface area contributed by atoms with Crippen LogP contribution in [0.1, 0.15) is 32.3 Å². The highest BCUT2D eigenvalue weighted by atomic mass is 16.5. The Kier molecular flexibility index (Phi) is 6.17. The van der Waals surface area contributed by atoms with Crippen LogP contribution in [0.15, 0.2) is 18.2 Å². The van der Waals surface area contributed by atoms with Gasteiger partial charge in [0, 0.05) is 6.04 Å². The molecule has 2 unspecified atom stereocenters. The summed E-state index contributed by atoms with van der Waals surface area (Å²) in [5.41, 5.74) is 6.99. The number of hydrogen-bond acceptors (Lipinski definition) is 4. The van der Waals surface area contributed by atoms with E-state index in [2.05, 4.69) is 13.0 Å². The molecule has 1 rings (SSSR count). The number of hydrogen-bond donors (Lipinski definition) is 1. The third kappa shape index (κ3) is 4.15. The first-order chi connectivity index (χ1) is 9.15.